The van der Waals surface area contributed by atoms with E-state index in [1.807, 2.05) is 0 Å². The van der Waals surface area contributed by atoms with Gasteiger partial charge in [-0.15, -0.1) is 0 Å². The van der Waals surface area contributed by atoms with E-state index < -0.39 is 0 Å². The van der Waals surface area contributed by atoms with E-state index in [0.717, 1.165) is 19.6 Å². The van der Waals surface area contributed by atoms with Crippen molar-refractivity contribution in [1.82, 2.24) is 10.6 Å². The Morgan fingerprint density at radius 1 is 1.21 bits per heavy atom. The van der Waals surface area contributed by atoms with Crippen LogP contribution in [0.3, 0.4) is 0 Å². The molecule has 104 valence electrons. The fourth-order valence-corrected chi connectivity index (χ4v) is 3.59. The molecule has 0 radical (unpaired) electrons. The van der Waals surface area contributed by atoms with E-state index in [1.54, 1.807) is 5.56 Å². The van der Waals surface area contributed by atoms with E-state index in [9.17, 15) is 0 Å². The standard InChI is InChI=1S/C17H26N2/c1-17(9-3-2-4-10-17)19-13-15-7-5-6-14-12-18-11-8-16(14)15/h5-7,18-19H,2-4,8-13H2,1H3. The highest BCUT2D eigenvalue weighted by Crippen LogP contribution is 2.28. The normalized spacial score (nSPS) is 21.9. The molecular weight excluding hydrogens is 232 g/mol. The van der Waals surface area contributed by atoms with E-state index in [2.05, 4.69) is 35.8 Å². The molecule has 1 aromatic rings. The smallest absolute Gasteiger partial charge is 0.0213 e. The van der Waals surface area contributed by atoms with Crippen molar-refractivity contribution in [1.29, 1.82) is 0 Å². The van der Waals surface area contributed by atoms with Crippen molar-refractivity contribution in [3.05, 3.63) is 34.9 Å². The van der Waals surface area contributed by atoms with Crippen LogP contribution in [0, 0.1) is 0 Å². The van der Waals surface area contributed by atoms with Gasteiger partial charge in [0, 0.05) is 18.6 Å². The van der Waals surface area contributed by atoms with Crippen LogP contribution in [0.5, 0.6) is 0 Å². The van der Waals surface area contributed by atoms with Crippen molar-refractivity contribution < 1.29 is 0 Å². The maximum atomic E-state index is 3.84. The van der Waals surface area contributed by atoms with Crippen LogP contribution in [0.15, 0.2) is 18.2 Å². The van der Waals surface area contributed by atoms with Gasteiger partial charge in [-0.3, -0.25) is 0 Å². The van der Waals surface area contributed by atoms with E-state index in [1.165, 1.54) is 49.7 Å². The molecule has 19 heavy (non-hydrogen) atoms. The quantitative estimate of drug-likeness (QED) is 0.870. The summed E-state index contributed by atoms with van der Waals surface area (Å²) >= 11 is 0. The Morgan fingerprint density at radius 3 is 2.89 bits per heavy atom. The Kier molecular flexibility index (Phi) is 3.90. The minimum absolute atomic E-state index is 0.369. The fraction of sp³-hybridized carbons (Fsp3) is 0.647. The molecule has 1 aromatic carbocycles. The second-order valence-corrected chi connectivity index (χ2v) is 6.46. The van der Waals surface area contributed by atoms with Gasteiger partial charge in [0.05, 0.1) is 0 Å². The number of rotatable bonds is 3. The van der Waals surface area contributed by atoms with E-state index >= 15 is 0 Å². The molecule has 0 unspecified atom stereocenters. The van der Waals surface area contributed by atoms with Crippen molar-refractivity contribution in [2.75, 3.05) is 6.54 Å². The van der Waals surface area contributed by atoms with Crippen LogP contribution in [-0.2, 0) is 19.5 Å². The molecule has 1 aliphatic carbocycles. The van der Waals surface area contributed by atoms with Crippen molar-refractivity contribution in [3.63, 3.8) is 0 Å². The fourth-order valence-electron chi connectivity index (χ4n) is 3.59. The van der Waals surface area contributed by atoms with Gasteiger partial charge < -0.3 is 10.6 Å². The molecule has 0 amide bonds. The van der Waals surface area contributed by atoms with Crippen LogP contribution in [0.4, 0.5) is 0 Å². The molecule has 1 aliphatic heterocycles. The van der Waals surface area contributed by atoms with Crippen molar-refractivity contribution in [2.45, 2.75) is 64.1 Å². The van der Waals surface area contributed by atoms with Gasteiger partial charge in [0.15, 0.2) is 0 Å². The summed E-state index contributed by atoms with van der Waals surface area (Å²) in [7, 11) is 0. The van der Waals surface area contributed by atoms with Crippen LogP contribution in [0.1, 0.15) is 55.7 Å². The molecule has 2 aliphatic rings. The second kappa shape index (κ2) is 5.64. The van der Waals surface area contributed by atoms with Gasteiger partial charge in [-0.05, 0) is 49.4 Å². The number of nitrogens with one attached hydrogen (secondary N) is 2. The lowest BCUT2D eigenvalue weighted by Crippen LogP contribution is -2.43. The third kappa shape index (κ3) is 3.01. The van der Waals surface area contributed by atoms with Gasteiger partial charge in [-0.25, -0.2) is 0 Å². The molecule has 0 saturated heterocycles. The number of hydrogen-bond donors (Lipinski definition) is 2. The minimum atomic E-state index is 0.369. The predicted molar refractivity (Wildman–Crippen MR) is 80.2 cm³/mol. The van der Waals surface area contributed by atoms with Crippen LogP contribution >= 0.6 is 0 Å². The van der Waals surface area contributed by atoms with Crippen LogP contribution in [-0.4, -0.2) is 12.1 Å². The Morgan fingerprint density at radius 2 is 2.05 bits per heavy atom. The van der Waals surface area contributed by atoms with Gasteiger partial charge in [0.25, 0.3) is 0 Å². The van der Waals surface area contributed by atoms with Gasteiger partial charge in [0.1, 0.15) is 0 Å². The first kappa shape index (κ1) is 13.1. The summed E-state index contributed by atoms with van der Waals surface area (Å²) in [4.78, 5) is 0. The molecule has 0 spiro atoms. The Hall–Kier alpha value is -0.860. The molecule has 0 atom stereocenters. The van der Waals surface area contributed by atoms with Gasteiger partial charge in [-0.2, -0.15) is 0 Å². The third-order valence-corrected chi connectivity index (χ3v) is 4.90. The van der Waals surface area contributed by atoms with Crippen LogP contribution in [0.25, 0.3) is 0 Å². The zero-order valence-corrected chi connectivity index (χ0v) is 12.1. The topological polar surface area (TPSA) is 24.1 Å². The number of fused-ring (bicyclic) bond motifs is 1. The molecule has 0 aromatic heterocycles. The molecule has 1 heterocycles. The van der Waals surface area contributed by atoms with E-state index in [4.69, 9.17) is 0 Å². The Bertz CT molecular complexity index is 433. The highest BCUT2D eigenvalue weighted by atomic mass is 15.0. The summed E-state index contributed by atoms with van der Waals surface area (Å²) in [6.07, 6.45) is 8.06. The van der Waals surface area contributed by atoms with Gasteiger partial charge in [-0.1, -0.05) is 37.5 Å². The van der Waals surface area contributed by atoms with Gasteiger partial charge in [0.2, 0.25) is 0 Å². The van der Waals surface area contributed by atoms with Crippen LogP contribution < -0.4 is 10.6 Å². The van der Waals surface area contributed by atoms with Crippen molar-refractivity contribution in [2.24, 2.45) is 0 Å². The number of hydrogen-bond acceptors (Lipinski definition) is 2. The zero-order chi connectivity index (χ0) is 13.1. The minimum Gasteiger partial charge on any atom is -0.312 e. The first-order valence-corrected chi connectivity index (χ1v) is 7.82. The van der Waals surface area contributed by atoms with Crippen molar-refractivity contribution in [3.8, 4) is 0 Å². The highest BCUT2D eigenvalue weighted by molar-refractivity contribution is 5.37. The predicted octanol–water partition coefficient (Wildman–Crippen LogP) is 3.14. The zero-order valence-electron chi connectivity index (χ0n) is 12.1. The number of benzene rings is 1. The third-order valence-electron chi connectivity index (χ3n) is 4.90. The molecular formula is C17H26N2. The SMILES string of the molecule is CC1(NCc2cccc3c2CCNC3)CCCCC1. The lowest BCUT2D eigenvalue weighted by atomic mass is 9.83. The first-order valence-electron chi connectivity index (χ1n) is 7.82. The average Bonchev–Trinajstić information content (AvgIpc) is 2.46. The summed E-state index contributed by atoms with van der Waals surface area (Å²) in [5.41, 5.74) is 4.98. The largest absolute Gasteiger partial charge is 0.312 e. The lowest BCUT2D eigenvalue weighted by Gasteiger charge is -2.35. The summed E-state index contributed by atoms with van der Waals surface area (Å²) in [5, 5.41) is 7.30. The molecule has 2 heteroatoms. The summed E-state index contributed by atoms with van der Waals surface area (Å²) < 4.78 is 0. The highest BCUT2D eigenvalue weighted by Gasteiger charge is 2.26. The molecule has 2 nitrogen and oxygen atoms in total. The summed E-state index contributed by atoms with van der Waals surface area (Å²) in [6, 6.07) is 6.79. The maximum Gasteiger partial charge on any atom is 0.0213 e. The van der Waals surface area contributed by atoms with E-state index in [0.29, 0.717) is 5.54 Å². The molecule has 2 N–H and O–H groups in total. The van der Waals surface area contributed by atoms with Crippen LogP contribution in [0.2, 0.25) is 0 Å². The van der Waals surface area contributed by atoms with Crippen molar-refractivity contribution >= 4 is 0 Å². The summed E-state index contributed by atoms with van der Waals surface area (Å²) in [5.74, 6) is 0. The lowest BCUT2D eigenvalue weighted by molar-refractivity contribution is 0.252. The molecule has 1 saturated carbocycles. The Labute approximate surface area is 117 Å². The Balaban J connectivity index is 1.69. The maximum absolute atomic E-state index is 3.84. The second-order valence-electron chi connectivity index (χ2n) is 6.46. The van der Waals surface area contributed by atoms with Gasteiger partial charge >= 0.3 is 0 Å². The van der Waals surface area contributed by atoms with E-state index in [-0.39, 0.29) is 0 Å². The molecule has 1 fully saturated rings. The first-order chi connectivity index (χ1) is 9.27. The summed E-state index contributed by atoms with van der Waals surface area (Å²) in [6.45, 7) is 5.62. The molecule has 0 bridgehead atoms. The monoisotopic (exact) mass is 258 g/mol. The average molecular weight is 258 g/mol. The molecule has 3 rings (SSSR count).